The van der Waals surface area contributed by atoms with Crippen molar-refractivity contribution in [1.82, 2.24) is 6.15 Å². The van der Waals surface area contributed by atoms with Gasteiger partial charge in [-0.2, -0.15) is 0 Å². The Morgan fingerprint density at radius 3 is 1.83 bits per heavy atom. The summed E-state index contributed by atoms with van der Waals surface area (Å²) < 4.78 is 0. The quantitative estimate of drug-likeness (QED) is 0.639. The number of hydrogen-bond acceptors (Lipinski definition) is 2. The Bertz CT molecular complexity index is 118. The van der Waals surface area contributed by atoms with Crippen LogP contribution in [0.15, 0.2) is 0 Å². The molecule has 2 heteroatoms. The summed E-state index contributed by atoms with van der Waals surface area (Å²) in [7, 11) is 0. The molecule has 12 heavy (non-hydrogen) atoms. The Labute approximate surface area is 76.5 Å². The summed E-state index contributed by atoms with van der Waals surface area (Å²) in [6.45, 7) is 6.67. The van der Waals surface area contributed by atoms with Crippen molar-refractivity contribution in [2.75, 3.05) is 0 Å². The maximum Gasteiger partial charge on any atom is 0.0125 e. The molecule has 0 heterocycles. The molecular formula is C10H24N2. The molecule has 2 nitrogen and oxygen atoms in total. The molecule has 1 aliphatic rings. The van der Waals surface area contributed by atoms with Gasteiger partial charge in [-0.3, -0.25) is 0 Å². The maximum atomic E-state index is 6.06. The molecule has 0 unspecified atom stereocenters. The molecule has 0 atom stereocenters. The van der Waals surface area contributed by atoms with Crippen LogP contribution < -0.4 is 11.9 Å². The average Bonchev–Trinajstić information content (AvgIpc) is 1.86. The highest BCUT2D eigenvalue weighted by atomic mass is 14.7. The van der Waals surface area contributed by atoms with Crippen LogP contribution in [0.1, 0.15) is 46.5 Å². The number of hydrogen-bond donors (Lipinski definition) is 2. The fraction of sp³-hybridized carbons (Fsp3) is 1.00. The fourth-order valence-corrected chi connectivity index (χ4v) is 2.00. The van der Waals surface area contributed by atoms with Crippen LogP contribution in [0.3, 0.4) is 0 Å². The van der Waals surface area contributed by atoms with E-state index in [0.717, 1.165) is 11.8 Å². The van der Waals surface area contributed by atoms with Crippen LogP contribution in [0.4, 0.5) is 0 Å². The zero-order chi connectivity index (χ0) is 8.48. The molecule has 0 aromatic rings. The highest BCUT2D eigenvalue weighted by molar-refractivity contribution is 4.85. The van der Waals surface area contributed by atoms with Gasteiger partial charge in [-0.15, -0.1) is 0 Å². The summed E-state index contributed by atoms with van der Waals surface area (Å²) in [4.78, 5) is 0. The Balaban J connectivity index is 0.00000121. The third kappa shape index (κ3) is 3.11. The number of nitrogens with two attached hydrogens (primary N) is 1. The predicted octanol–water partition coefficient (Wildman–Crippen LogP) is 2.71. The van der Waals surface area contributed by atoms with Crippen LogP contribution in [0.5, 0.6) is 0 Å². The van der Waals surface area contributed by atoms with Gasteiger partial charge in [0, 0.05) is 5.54 Å². The van der Waals surface area contributed by atoms with E-state index in [4.69, 9.17) is 5.73 Å². The third-order valence-corrected chi connectivity index (χ3v) is 3.07. The molecular weight excluding hydrogens is 148 g/mol. The molecule has 0 saturated heterocycles. The normalized spacial score (nSPS) is 31.0. The third-order valence-electron chi connectivity index (χ3n) is 3.07. The Morgan fingerprint density at radius 1 is 1.08 bits per heavy atom. The van der Waals surface area contributed by atoms with Gasteiger partial charge >= 0.3 is 0 Å². The van der Waals surface area contributed by atoms with Crippen LogP contribution in [0.25, 0.3) is 0 Å². The lowest BCUT2D eigenvalue weighted by atomic mass is 9.74. The van der Waals surface area contributed by atoms with Crippen molar-refractivity contribution in [1.29, 1.82) is 0 Å². The molecule has 74 valence electrons. The minimum Gasteiger partial charge on any atom is -0.344 e. The summed E-state index contributed by atoms with van der Waals surface area (Å²) >= 11 is 0. The lowest BCUT2D eigenvalue weighted by Gasteiger charge is -2.35. The lowest BCUT2D eigenvalue weighted by Crippen LogP contribution is -2.42. The largest absolute Gasteiger partial charge is 0.344 e. The van der Waals surface area contributed by atoms with E-state index >= 15 is 0 Å². The SMILES string of the molecule is CC1CCC(C(C)(C)N)CC1.N. The second kappa shape index (κ2) is 4.24. The minimum absolute atomic E-state index is 0. The fourth-order valence-electron chi connectivity index (χ4n) is 2.00. The molecule has 5 N–H and O–H groups in total. The van der Waals surface area contributed by atoms with E-state index in [1.807, 2.05) is 0 Å². The zero-order valence-electron chi connectivity index (χ0n) is 8.77. The van der Waals surface area contributed by atoms with E-state index in [9.17, 15) is 0 Å². The second-order valence-corrected chi connectivity index (χ2v) is 4.78. The van der Waals surface area contributed by atoms with Crippen LogP contribution in [-0.4, -0.2) is 5.54 Å². The first kappa shape index (κ1) is 11.9. The van der Waals surface area contributed by atoms with E-state index in [1.165, 1.54) is 25.7 Å². The van der Waals surface area contributed by atoms with Crippen LogP contribution in [-0.2, 0) is 0 Å². The van der Waals surface area contributed by atoms with Gasteiger partial charge in [-0.25, -0.2) is 0 Å². The molecule has 1 fully saturated rings. The summed E-state index contributed by atoms with van der Waals surface area (Å²) in [6, 6.07) is 0. The van der Waals surface area contributed by atoms with Gasteiger partial charge in [-0.1, -0.05) is 19.8 Å². The van der Waals surface area contributed by atoms with Crippen molar-refractivity contribution in [3.63, 3.8) is 0 Å². The Morgan fingerprint density at radius 2 is 1.50 bits per heavy atom. The van der Waals surface area contributed by atoms with Crippen molar-refractivity contribution >= 4 is 0 Å². The van der Waals surface area contributed by atoms with Crippen LogP contribution >= 0.6 is 0 Å². The first-order chi connectivity index (χ1) is 5.00. The molecule has 0 radical (unpaired) electrons. The molecule has 1 aliphatic carbocycles. The maximum absolute atomic E-state index is 6.06. The topological polar surface area (TPSA) is 61.0 Å². The minimum atomic E-state index is 0. The summed E-state index contributed by atoms with van der Waals surface area (Å²) in [5.41, 5.74) is 6.11. The predicted molar refractivity (Wildman–Crippen MR) is 54.4 cm³/mol. The summed E-state index contributed by atoms with van der Waals surface area (Å²) in [6.07, 6.45) is 5.44. The van der Waals surface area contributed by atoms with E-state index in [1.54, 1.807) is 0 Å². The molecule has 0 bridgehead atoms. The first-order valence-corrected chi connectivity index (χ1v) is 4.79. The van der Waals surface area contributed by atoms with Gasteiger partial charge < -0.3 is 11.9 Å². The van der Waals surface area contributed by atoms with Crippen LogP contribution in [0.2, 0.25) is 0 Å². The van der Waals surface area contributed by atoms with Gasteiger partial charge in [0.2, 0.25) is 0 Å². The van der Waals surface area contributed by atoms with Gasteiger partial charge in [-0.05, 0) is 38.5 Å². The van der Waals surface area contributed by atoms with Crippen molar-refractivity contribution in [2.45, 2.75) is 52.0 Å². The van der Waals surface area contributed by atoms with Crippen molar-refractivity contribution in [3.05, 3.63) is 0 Å². The molecule has 0 spiro atoms. The zero-order valence-corrected chi connectivity index (χ0v) is 8.77. The smallest absolute Gasteiger partial charge is 0.0125 e. The molecule has 0 aromatic heterocycles. The van der Waals surface area contributed by atoms with Gasteiger partial charge in [0.25, 0.3) is 0 Å². The van der Waals surface area contributed by atoms with Crippen LogP contribution in [0, 0.1) is 11.8 Å². The van der Waals surface area contributed by atoms with Crippen molar-refractivity contribution in [2.24, 2.45) is 17.6 Å². The van der Waals surface area contributed by atoms with Gasteiger partial charge in [0.05, 0.1) is 0 Å². The lowest BCUT2D eigenvalue weighted by molar-refractivity contribution is 0.205. The molecule has 1 saturated carbocycles. The van der Waals surface area contributed by atoms with E-state index < -0.39 is 0 Å². The standard InChI is InChI=1S/C10H21N.H3N/c1-8-4-6-9(7-5-8)10(2,3)11;/h8-9H,4-7,11H2,1-3H3;1H3. The molecule has 1 rings (SSSR count). The van der Waals surface area contributed by atoms with Gasteiger partial charge in [0.1, 0.15) is 0 Å². The first-order valence-electron chi connectivity index (χ1n) is 4.79. The van der Waals surface area contributed by atoms with E-state index in [0.29, 0.717) is 0 Å². The average molecular weight is 172 g/mol. The van der Waals surface area contributed by atoms with Crippen molar-refractivity contribution in [3.8, 4) is 0 Å². The molecule has 0 amide bonds. The summed E-state index contributed by atoms with van der Waals surface area (Å²) in [5.74, 6) is 1.70. The monoisotopic (exact) mass is 172 g/mol. The molecule has 0 aromatic carbocycles. The van der Waals surface area contributed by atoms with E-state index in [-0.39, 0.29) is 11.7 Å². The number of rotatable bonds is 1. The molecule has 0 aliphatic heterocycles. The highest BCUT2D eigenvalue weighted by Gasteiger charge is 2.28. The second-order valence-electron chi connectivity index (χ2n) is 4.78. The van der Waals surface area contributed by atoms with Crippen molar-refractivity contribution < 1.29 is 0 Å². The van der Waals surface area contributed by atoms with E-state index in [2.05, 4.69) is 20.8 Å². The highest BCUT2D eigenvalue weighted by Crippen LogP contribution is 2.33. The Kier molecular flexibility index (Phi) is 4.21. The Hall–Kier alpha value is -0.0800. The van der Waals surface area contributed by atoms with Gasteiger partial charge in [0.15, 0.2) is 0 Å². The summed E-state index contributed by atoms with van der Waals surface area (Å²) in [5, 5.41) is 0.